The van der Waals surface area contributed by atoms with E-state index in [0.29, 0.717) is 18.6 Å². The van der Waals surface area contributed by atoms with Gasteiger partial charge in [0, 0.05) is 31.2 Å². The van der Waals surface area contributed by atoms with Crippen molar-refractivity contribution in [1.29, 1.82) is 0 Å². The van der Waals surface area contributed by atoms with Crippen molar-refractivity contribution in [2.75, 3.05) is 13.2 Å². The maximum absolute atomic E-state index is 11.1. The van der Waals surface area contributed by atoms with E-state index in [2.05, 4.69) is 43.4 Å². The van der Waals surface area contributed by atoms with Crippen molar-refractivity contribution in [2.45, 2.75) is 123 Å². The lowest BCUT2D eigenvalue weighted by atomic mass is 9.96. The van der Waals surface area contributed by atoms with E-state index in [4.69, 9.17) is 14.3 Å². The Morgan fingerprint density at radius 2 is 1.79 bits per heavy atom. The quantitative estimate of drug-likeness (QED) is 0.140. The van der Waals surface area contributed by atoms with Gasteiger partial charge in [-0.3, -0.25) is 9.83 Å². The molecule has 0 saturated heterocycles. The van der Waals surface area contributed by atoms with Gasteiger partial charge >= 0.3 is 0 Å². The summed E-state index contributed by atoms with van der Waals surface area (Å²) in [7, 11) is 0. The molecule has 0 saturated carbocycles. The van der Waals surface area contributed by atoms with Crippen LogP contribution in [0.1, 0.15) is 74.1 Å². The lowest BCUT2D eigenvalue weighted by molar-refractivity contribution is -0.260. The molecule has 1 aliphatic heterocycles. The van der Waals surface area contributed by atoms with E-state index in [0.717, 1.165) is 12.8 Å². The standard InChI is InChI=1S/C29H52N2O8/c1-18(2)10-8-11-20(5)12-9-13-23-14-15-30-16-24(39-31-19(3)4)27(22(7)33)38-29(36)28(37-23)26(35)25(34)21(6)17-32/h10,12,14-15,19,21-22,24-29,31-36H,8-9,11,13,16-17H2,1-7H3/b20-12+,23-14-,30-15+. The molecule has 39 heavy (non-hydrogen) atoms. The van der Waals surface area contributed by atoms with E-state index in [1.807, 2.05) is 13.8 Å². The van der Waals surface area contributed by atoms with Crippen molar-refractivity contribution in [3.8, 4) is 0 Å². The molecule has 1 rings (SSSR count). The summed E-state index contributed by atoms with van der Waals surface area (Å²) in [5.41, 5.74) is 5.36. The first kappa shape index (κ1) is 35.4. The molecule has 226 valence electrons. The summed E-state index contributed by atoms with van der Waals surface area (Å²) in [4.78, 5) is 10.1. The molecule has 1 heterocycles. The molecule has 10 nitrogen and oxygen atoms in total. The lowest BCUT2D eigenvalue weighted by Gasteiger charge is -2.36. The summed E-state index contributed by atoms with van der Waals surface area (Å²) in [6, 6.07) is -0.0233. The number of aliphatic imine (C=N–C) groups is 1. The molecule has 0 spiro atoms. The van der Waals surface area contributed by atoms with E-state index >= 15 is 0 Å². The van der Waals surface area contributed by atoms with Gasteiger partial charge in [-0.05, 0) is 66.9 Å². The Morgan fingerprint density at radius 1 is 1.10 bits per heavy atom. The molecule has 0 amide bonds. The molecular formula is C29H52N2O8. The molecule has 8 atom stereocenters. The minimum atomic E-state index is -1.74. The number of hydroxylamine groups is 1. The van der Waals surface area contributed by atoms with Gasteiger partial charge in [0.25, 0.3) is 0 Å². The fourth-order valence-electron chi connectivity index (χ4n) is 3.93. The van der Waals surface area contributed by atoms with E-state index < -0.39 is 48.8 Å². The summed E-state index contributed by atoms with van der Waals surface area (Å²) in [5, 5.41) is 52.7. The van der Waals surface area contributed by atoms with Gasteiger partial charge in [0.05, 0.1) is 24.5 Å². The molecule has 0 bridgehead atoms. The van der Waals surface area contributed by atoms with E-state index in [-0.39, 0.29) is 19.2 Å². The third kappa shape index (κ3) is 13.5. The summed E-state index contributed by atoms with van der Waals surface area (Å²) >= 11 is 0. The van der Waals surface area contributed by atoms with Crippen LogP contribution in [0.25, 0.3) is 0 Å². The molecule has 0 aliphatic carbocycles. The maximum Gasteiger partial charge on any atom is 0.195 e. The van der Waals surface area contributed by atoms with Crippen molar-refractivity contribution in [3.05, 3.63) is 35.1 Å². The van der Waals surface area contributed by atoms with Crippen LogP contribution in [0.3, 0.4) is 0 Å². The second kappa shape index (κ2) is 18.7. The fraction of sp³-hybridized carbons (Fsp3) is 0.759. The number of nitrogens with zero attached hydrogens (tertiary/aromatic N) is 1. The summed E-state index contributed by atoms with van der Waals surface area (Å²) in [6.07, 6.45) is 1.47. The van der Waals surface area contributed by atoms with Gasteiger partial charge in [0.15, 0.2) is 12.4 Å². The normalized spacial score (nSPS) is 28.3. The third-order valence-corrected chi connectivity index (χ3v) is 6.35. The van der Waals surface area contributed by atoms with Crippen LogP contribution < -0.4 is 5.48 Å². The number of hydrogen-bond donors (Lipinski definition) is 6. The summed E-state index contributed by atoms with van der Waals surface area (Å²) in [5.74, 6) is -0.260. The molecule has 0 aromatic rings. The third-order valence-electron chi connectivity index (χ3n) is 6.35. The molecule has 6 N–H and O–H groups in total. The number of aliphatic hydroxyl groups excluding tert-OH is 5. The highest BCUT2D eigenvalue weighted by molar-refractivity contribution is 5.71. The Labute approximate surface area is 234 Å². The van der Waals surface area contributed by atoms with Crippen molar-refractivity contribution < 1.29 is 39.8 Å². The van der Waals surface area contributed by atoms with E-state index in [9.17, 15) is 25.5 Å². The summed E-state index contributed by atoms with van der Waals surface area (Å²) < 4.78 is 11.9. The molecule has 0 fully saturated rings. The molecule has 0 aromatic heterocycles. The zero-order valence-corrected chi connectivity index (χ0v) is 24.7. The Bertz CT molecular complexity index is 807. The van der Waals surface area contributed by atoms with Crippen LogP contribution in [-0.2, 0) is 14.3 Å². The van der Waals surface area contributed by atoms with Crippen molar-refractivity contribution >= 4 is 6.21 Å². The topological polar surface area (TPSA) is 153 Å². The molecule has 8 unspecified atom stereocenters. The van der Waals surface area contributed by atoms with Gasteiger partial charge in [0.1, 0.15) is 18.3 Å². The predicted octanol–water partition coefficient (Wildman–Crippen LogP) is 2.55. The Kier molecular flexibility index (Phi) is 16.9. The first-order chi connectivity index (χ1) is 18.4. The van der Waals surface area contributed by atoms with Crippen LogP contribution >= 0.6 is 0 Å². The average molecular weight is 557 g/mol. The molecule has 0 radical (unpaired) electrons. The second-order valence-electron chi connectivity index (χ2n) is 10.9. The van der Waals surface area contributed by atoms with Crippen LogP contribution in [-0.4, -0.2) is 93.9 Å². The summed E-state index contributed by atoms with van der Waals surface area (Å²) in [6.45, 7) is 12.8. The predicted molar refractivity (Wildman–Crippen MR) is 152 cm³/mol. The van der Waals surface area contributed by atoms with E-state index in [1.54, 1.807) is 19.2 Å². The molecular weight excluding hydrogens is 504 g/mol. The van der Waals surface area contributed by atoms with Gasteiger partial charge < -0.3 is 35.0 Å². The number of rotatable bonds is 14. The minimum Gasteiger partial charge on any atom is -0.487 e. The van der Waals surface area contributed by atoms with Crippen molar-refractivity contribution in [1.82, 2.24) is 5.48 Å². The largest absolute Gasteiger partial charge is 0.487 e. The molecule has 10 heteroatoms. The van der Waals surface area contributed by atoms with Gasteiger partial charge in [-0.25, -0.2) is 0 Å². The Hall–Kier alpha value is -1.63. The van der Waals surface area contributed by atoms with Gasteiger partial charge in [0.2, 0.25) is 0 Å². The molecule has 1 aliphatic rings. The second-order valence-corrected chi connectivity index (χ2v) is 10.9. The fourth-order valence-corrected chi connectivity index (χ4v) is 3.93. The highest BCUT2D eigenvalue weighted by Gasteiger charge is 2.40. The monoisotopic (exact) mass is 556 g/mol. The number of hydrogen-bond acceptors (Lipinski definition) is 10. The Balaban J connectivity index is 3.25. The number of aliphatic hydroxyl groups is 5. The van der Waals surface area contributed by atoms with E-state index in [1.165, 1.54) is 18.1 Å². The van der Waals surface area contributed by atoms with Crippen LogP contribution in [0.15, 0.2) is 40.1 Å². The Morgan fingerprint density at radius 3 is 2.38 bits per heavy atom. The lowest BCUT2D eigenvalue weighted by Crippen LogP contribution is -2.53. The van der Waals surface area contributed by atoms with Gasteiger partial charge in [-0.1, -0.05) is 30.2 Å². The van der Waals surface area contributed by atoms with Crippen LogP contribution in [0.2, 0.25) is 0 Å². The number of nitrogens with one attached hydrogen (secondary N) is 1. The van der Waals surface area contributed by atoms with Gasteiger partial charge in [-0.15, -0.1) is 0 Å². The zero-order valence-electron chi connectivity index (χ0n) is 24.7. The molecule has 0 aromatic carbocycles. The zero-order chi connectivity index (χ0) is 29.5. The number of allylic oxidation sites excluding steroid dienone is 6. The minimum absolute atomic E-state index is 0.0233. The maximum atomic E-state index is 11.1. The highest BCUT2D eigenvalue weighted by Crippen LogP contribution is 2.24. The smallest absolute Gasteiger partial charge is 0.195 e. The van der Waals surface area contributed by atoms with Crippen molar-refractivity contribution in [3.63, 3.8) is 0 Å². The highest BCUT2D eigenvalue weighted by atomic mass is 16.7. The van der Waals surface area contributed by atoms with Gasteiger partial charge in [-0.2, -0.15) is 5.48 Å². The van der Waals surface area contributed by atoms with Crippen LogP contribution in [0.4, 0.5) is 0 Å². The van der Waals surface area contributed by atoms with Crippen LogP contribution in [0, 0.1) is 5.92 Å². The first-order valence-corrected chi connectivity index (χ1v) is 13.9. The first-order valence-electron chi connectivity index (χ1n) is 13.9. The average Bonchev–Trinajstić information content (AvgIpc) is 2.90. The SMILES string of the molecule is CC(C)=CCC/C(C)=C/CC/C1=C/C=N/CC(ONC(C)C)C(C(C)O)OC(O)C(C(O)C(O)C(C)CO)O1. The van der Waals surface area contributed by atoms with Crippen molar-refractivity contribution in [2.24, 2.45) is 10.9 Å². The van der Waals surface area contributed by atoms with Crippen LogP contribution in [0.5, 0.6) is 0 Å². The number of ether oxygens (including phenoxy) is 2.